The first-order valence-corrected chi connectivity index (χ1v) is 5.51. The SMILES string of the molecule is COCC(=O)N1CC(Nc2cc(C)ncn2)C1. The van der Waals surface area contributed by atoms with Crippen molar-refractivity contribution in [2.24, 2.45) is 0 Å². The highest BCUT2D eigenvalue weighted by atomic mass is 16.5. The number of likely N-dealkylation sites (tertiary alicyclic amines) is 1. The van der Waals surface area contributed by atoms with Gasteiger partial charge in [-0.25, -0.2) is 9.97 Å². The van der Waals surface area contributed by atoms with Gasteiger partial charge >= 0.3 is 0 Å². The van der Waals surface area contributed by atoms with Gasteiger partial charge in [-0.3, -0.25) is 4.79 Å². The van der Waals surface area contributed by atoms with Crippen molar-refractivity contribution < 1.29 is 9.53 Å². The van der Waals surface area contributed by atoms with E-state index in [1.54, 1.807) is 4.90 Å². The Morgan fingerprint density at radius 1 is 1.59 bits per heavy atom. The average molecular weight is 236 g/mol. The first-order chi connectivity index (χ1) is 8.19. The Bertz CT molecular complexity index is 404. The summed E-state index contributed by atoms with van der Waals surface area (Å²) in [7, 11) is 1.52. The minimum atomic E-state index is 0.0319. The van der Waals surface area contributed by atoms with Crippen LogP contribution in [-0.2, 0) is 9.53 Å². The molecule has 1 aromatic heterocycles. The van der Waals surface area contributed by atoms with Gasteiger partial charge in [-0.1, -0.05) is 0 Å². The van der Waals surface area contributed by atoms with Crippen molar-refractivity contribution in [2.45, 2.75) is 13.0 Å². The Morgan fingerprint density at radius 3 is 3.00 bits per heavy atom. The van der Waals surface area contributed by atoms with E-state index in [1.165, 1.54) is 13.4 Å². The third kappa shape index (κ3) is 2.91. The number of anilines is 1. The summed E-state index contributed by atoms with van der Waals surface area (Å²) in [5.41, 5.74) is 0.925. The van der Waals surface area contributed by atoms with Gasteiger partial charge < -0.3 is 15.0 Å². The van der Waals surface area contributed by atoms with Crippen LogP contribution in [-0.4, -0.2) is 53.6 Å². The van der Waals surface area contributed by atoms with Gasteiger partial charge in [0.15, 0.2) is 0 Å². The number of aromatic nitrogens is 2. The molecule has 17 heavy (non-hydrogen) atoms. The smallest absolute Gasteiger partial charge is 0.248 e. The molecule has 0 radical (unpaired) electrons. The van der Waals surface area contributed by atoms with E-state index in [4.69, 9.17) is 4.74 Å². The quantitative estimate of drug-likeness (QED) is 0.800. The molecule has 6 heteroatoms. The standard InChI is InChI=1S/C11H16N4O2/c1-8-3-10(13-7-12-8)14-9-4-15(5-9)11(16)6-17-2/h3,7,9H,4-6H2,1-2H3,(H,12,13,14). The number of nitrogens with zero attached hydrogens (tertiary/aromatic N) is 3. The molecule has 1 fully saturated rings. The lowest BCUT2D eigenvalue weighted by atomic mass is 10.1. The maximum Gasteiger partial charge on any atom is 0.248 e. The van der Waals surface area contributed by atoms with Crippen molar-refractivity contribution in [1.82, 2.24) is 14.9 Å². The van der Waals surface area contributed by atoms with E-state index in [9.17, 15) is 4.79 Å². The number of nitrogens with one attached hydrogen (secondary N) is 1. The molecule has 1 aromatic rings. The van der Waals surface area contributed by atoms with Gasteiger partial charge in [0.05, 0.1) is 6.04 Å². The predicted molar refractivity (Wildman–Crippen MR) is 62.6 cm³/mol. The molecule has 1 aliphatic rings. The Labute approximate surface area is 100 Å². The van der Waals surface area contributed by atoms with Crippen LogP contribution in [0.3, 0.4) is 0 Å². The maximum atomic E-state index is 11.4. The van der Waals surface area contributed by atoms with Gasteiger partial charge in [-0.2, -0.15) is 0 Å². The summed E-state index contributed by atoms with van der Waals surface area (Å²) < 4.78 is 4.80. The molecule has 0 aromatic carbocycles. The number of amides is 1. The maximum absolute atomic E-state index is 11.4. The van der Waals surface area contributed by atoms with E-state index in [0.717, 1.165) is 11.5 Å². The summed E-state index contributed by atoms with van der Waals surface area (Å²) in [6.45, 7) is 3.47. The number of hydrogen-bond donors (Lipinski definition) is 1. The highest BCUT2D eigenvalue weighted by Crippen LogP contribution is 2.13. The lowest BCUT2D eigenvalue weighted by Crippen LogP contribution is -2.57. The van der Waals surface area contributed by atoms with Crippen LogP contribution in [0.2, 0.25) is 0 Å². The van der Waals surface area contributed by atoms with Crippen LogP contribution >= 0.6 is 0 Å². The molecule has 1 amide bonds. The topological polar surface area (TPSA) is 67.3 Å². The van der Waals surface area contributed by atoms with Gasteiger partial charge in [-0.05, 0) is 6.92 Å². The number of rotatable bonds is 4. The van der Waals surface area contributed by atoms with Crippen molar-refractivity contribution in [3.8, 4) is 0 Å². The second kappa shape index (κ2) is 5.09. The summed E-state index contributed by atoms with van der Waals surface area (Å²) in [6, 6.07) is 2.16. The van der Waals surface area contributed by atoms with E-state index in [0.29, 0.717) is 13.1 Å². The molecule has 0 unspecified atom stereocenters. The normalized spacial score (nSPS) is 15.5. The summed E-state index contributed by atoms with van der Waals surface area (Å²) in [5, 5.41) is 3.26. The molecule has 2 heterocycles. The van der Waals surface area contributed by atoms with Gasteiger partial charge in [0, 0.05) is 32.0 Å². The Morgan fingerprint density at radius 2 is 2.35 bits per heavy atom. The fraction of sp³-hybridized carbons (Fsp3) is 0.545. The third-order valence-electron chi connectivity index (χ3n) is 2.66. The molecule has 0 atom stereocenters. The number of ether oxygens (including phenoxy) is 1. The first kappa shape index (κ1) is 11.8. The molecule has 92 valence electrons. The molecule has 0 saturated carbocycles. The largest absolute Gasteiger partial charge is 0.375 e. The monoisotopic (exact) mass is 236 g/mol. The van der Waals surface area contributed by atoms with Gasteiger partial charge in [-0.15, -0.1) is 0 Å². The first-order valence-electron chi connectivity index (χ1n) is 5.51. The van der Waals surface area contributed by atoms with Gasteiger partial charge in [0.25, 0.3) is 0 Å². The summed E-state index contributed by atoms with van der Waals surface area (Å²) in [6.07, 6.45) is 1.53. The minimum absolute atomic E-state index is 0.0319. The highest BCUT2D eigenvalue weighted by Gasteiger charge is 2.30. The molecule has 0 aliphatic carbocycles. The lowest BCUT2D eigenvalue weighted by Gasteiger charge is -2.39. The Hall–Kier alpha value is -1.69. The van der Waals surface area contributed by atoms with Crippen molar-refractivity contribution in [3.05, 3.63) is 18.1 Å². The zero-order valence-electron chi connectivity index (χ0n) is 10.0. The third-order valence-corrected chi connectivity index (χ3v) is 2.66. The summed E-state index contributed by atoms with van der Waals surface area (Å²) >= 11 is 0. The van der Waals surface area contributed by atoms with Crippen LogP contribution in [0.5, 0.6) is 0 Å². The summed E-state index contributed by atoms with van der Waals surface area (Å²) in [5.74, 6) is 0.839. The molecular formula is C11H16N4O2. The van der Waals surface area contributed by atoms with E-state index >= 15 is 0 Å². The van der Waals surface area contributed by atoms with Crippen LogP contribution in [0.1, 0.15) is 5.69 Å². The van der Waals surface area contributed by atoms with Crippen LogP contribution in [0.15, 0.2) is 12.4 Å². The Balaban J connectivity index is 1.79. The lowest BCUT2D eigenvalue weighted by molar-refractivity contribution is -0.139. The zero-order valence-corrected chi connectivity index (χ0v) is 10.0. The molecular weight excluding hydrogens is 220 g/mol. The van der Waals surface area contributed by atoms with Crippen molar-refractivity contribution in [2.75, 3.05) is 32.1 Å². The zero-order chi connectivity index (χ0) is 12.3. The number of carbonyl (C=O) groups excluding carboxylic acids is 1. The number of hydrogen-bond acceptors (Lipinski definition) is 5. The fourth-order valence-corrected chi connectivity index (χ4v) is 1.73. The van der Waals surface area contributed by atoms with Crippen molar-refractivity contribution in [1.29, 1.82) is 0 Å². The van der Waals surface area contributed by atoms with Gasteiger partial charge in [0.1, 0.15) is 18.8 Å². The molecule has 1 aliphatic heterocycles. The number of methoxy groups -OCH3 is 1. The number of aryl methyl sites for hydroxylation is 1. The van der Waals surface area contributed by atoms with Crippen LogP contribution in [0.4, 0.5) is 5.82 Å². The van der Waals surface area contributed by atoms with Crippen molar-refractivity contribution in [3.63, 3.8) is 0 Å². The van der Waals surface area contributed by atoms with Crippen LogP contribution in [0.25, 0.3) is 0 Å². The average Bonchev–Trinajstić information content (AvgIpc) is 2.23. The van der Waals surface area contributed by atoms with E-state index < -0.39 is 0 Å². The molecule has 0 spiro atoms. The molecule has 1 N–H and O–H groups in total. The molecule has 1 saturated heterocycles. The van der Waals surface area contributed by atoms with Crippen molar-refractivity contribution >= 4 is 11.7 Å². The second-order valence-corrected chi connectivity index (χ2v) is 4.12. The van der Waals surface area contributed by atoms with E-state index in [1.807, 2.05) is 13.0 Å². The van der Waals surface area contributed by atoms with Crippen LogP contribution in [0, 0.1) is 6.92 Å². The minimum Gasteiger partial charge on any atom is -0.375 e. The second-order valence-electron chi connectivity index (χ2n) is 4.12. The Kier molecular flexibility index (Phi) is 3.53. The molecule has 0 bridgehead atoms. The highest BCUT2D eigenvalue weighted by molar-refractivity contribution is 5.78. The predicted octanol–water partition coefficient (Wildman–Crippen LogP) is 0.0541. The molecule has 2 rings (SSSR count). The van der Waals surface area contributed by atoms with E-state index in [-0.39, 0.29) is 18.6 Å². The number of carbonyl (C=O) groups is 1. The summed E-state index contributed by atoms with van der Waals surface area (Å²) in [4.78, 5) is 21.3. The fourth-order valence-electron chi connectivity index (χ4n) is 1.73. The van der Waals surface area contributed by atoms with Crippen LogP contribution < -0.4 is 5.32 Å². The van der Waals surface area contributed by atoms with E-state index in [2.05, 4.69) is 15.3 Å². The van der Waals surface area contributed by atoms with Gasteiger partial charge in [0.2, 0.25) is 5.91 Å². The molecule has 6 nitrogen and oxygen atoms in total.